The van der Waals surface area contributed by atoms with E-state index in [9.17, 15) is 4.79 Å². The molecule has 6 heteroatoms. The van der Waals surface area contributed by atoms with Gasteiger partial charge in [-0.25, -0.2) is 5.43 Å². The Morgan fingerprint density at radius 3 is 2.36 bits per heavy atom. The lowest BCUT2D eigenvalue weighted by Gasteiger charge is -2.22. The van der Waals surface area contributed by atoms with Crippen LogP contribution in [0.3, 0.4) is 0 Å². The van der Waals surface area contributed by atoms with Crippen LogP contribution in [0, 0.1) is 0 Å². The standard InChI is InChI=1S/C22H28N4O2/c1-28-21-12-8-19(9-13-21)23-17-22(27)25-24-16-18-6-10-20(11-7-18)26-14-4-2-3-5-15-26/h6-13,16,23H,2-5,14-15,17H2,1H3,(H,25,27)/b24-16-. The summed E-state index contributed by atoms with van der Waals surface area (Å²) in [5.74, 6) is 0.578. The van der Waals surface area contributed by atoms with Gasteiger partial charge in [-0.05, 0) is 54.8 Å². The van der Waals surface area contributed by atoms with Gasteiger partial charge in [0, 0.05) is 24.5 Å². The summed E-state index contributed by atoms with van der Waals surface area (Å²) in [5, 5.41) is 7.09. The molecule has 148 valence electrons. The zero-order chi connectivity index (χ0) is 19.6. The predicted molar refractivity (Wildman–Crippen MR) is 114 cm³/mol. The number of ether oxygens (including phenoxy) is 1. The molecular weight excluding hydrogens is 352 g/mol. The van der Waals surface area contributed by atoms with Gasteiger partial charge >= 0.3 is 0 Å². The van der Waals surface area contributed by atoms with Crippen molar-refractivity contribution in [2.75, 3.05) is 37.0 Å². The van der Waals surface area contributed by atoms with E-state index in [1.54, 1.807) is 13.3 Å². The molecule has 1 saturated heterocycles. The molecule has 1 aliphatic heterocycles. The highest BCUT2D eigenvalue weighted by molar-refractivity contribution is 5.84. The second-order valence-electron chi connectivity index (χ2n) is 6.87. The maximum absolute atomic E-state index is 11.9. The fourth-order valence-corrected chi connectivity index (χ4v) is 3.21. The summed E-state index contributed by atoms with van der Waals surface area (Å²) >= 11 is 0. The molecule has 0 unspecified atom stereocenters. The highest BCUT2D eigenvalue weighted by Crippen LogP contribution is 2.19. The first kappa shape index (κ1) is 19.7. The van der Waals surface area contributed by atoms with Crippen LogP contribution in [0.4, 0.5) is 11.4 Å². The Bertz CT molecular complexity index is 764. The smallest absolute Gasteiger partial charge is 0.259 e. The number of nitrogens with one attached hydrogen (secondary N) is 2. The first-order valence-corrected chi connectivity index (χ1v) is 9.79. The Balaban J connectivity index is 1.43. The molecule has 0 saturated carbocycles. The second-order valence-corrected chi connectivity index (χ2v) is 6.87. The van der Waals surface area contributed by atoms with E-state index in [0.29, 0.717) is 0 Å². The minimum atomic E-state index is -0.201. The third-order valence-electron chi connectivity index (χ3n) is 4.81. The highest BCUT2D eigenvalue weighted by atomic mass is 16.5. The van der Waals surface area contributed by atoms with Crippen LogP contribution in [0.15, 0.2) is 53.6 Å². The molecule has 1 fully saturated rings. The fraction of sp³-hybridized carbons (Fsp3) is 0.364. The number of rotatable bonds is 7. The maximum atomic E-state index is 11.9. The zero-order valence-electron chi connectivity index (χ0n) is 16.4. The molecular formula is C22H28N4O2. The van der Waals surface area contributed by atoms with Crippen molar-refractivity contribution in [2.45, 2.75) is 25.7 Å². The van der Waals surface area contributed by atoms with Gasteiger partial charge in [-0.2, -0.15) is 5.10 Å². The Kier molecular flexibility index (Phi) is 7.29. The van der Waals surface area contributed by atoms with Crippen molar-refractivity contribution in [3.05, 3.63) is 54.1 Å². The lowest BCUT2D eigenvalue weighted by Crippen LogP contribution is -2.25. The van der Waals surface area contributed by atoms with Crippen LogP contribution >= 0.6 is 0 Å². The van der Waals surface area contributed by atoms with Crippen molar-refractivity contribution in [2.24, 2.45) is 5.10 Å². The second kappa shape index (κ2) is 10.3. The lowest BCUT2D eigenvalue weighted by molar-refractivity contribution is -0.119. The van der Waals surface area contributed by atoms with E-state index in [-0.39, 0.29) is 12.5 Å². The minimum absolute atomic E-state index is 0.150. The average Bonchev–Trinajstić information content (AvgIpc) is 3.03. The van der Waals surface area contributed by atoms with Crippen LogP contribution in [0.2, 0.25) is 0 Å². The van der Waals surface area contributed by atoms with Crippen LogP contribution in [-0.4, -0.2) is 38.9 Å². The minimum Gasteiger partial charge on any atom is -0.497 e. The molecule has 1 amide bonds. The van der Waals surface area contributed by atoms with E-state index in [2.05, 4.69) is 32.9 Å². The molecule has 1 heterocycles. The zero-order valence-corrected chi connectivity index (χ0v) is 16.4. The van der Waals surface area contributed by atoms with Crippen molar-refractivity contribution in [1.82, 2.24) is 5.43 Å². The number of methoxy groups -OCH3 is 1. The van der Waals surface area contributed by atoms with Crippen LogP contribution in [-0.2, 0) is 4.79 Å². The monoisotopic (exact) mass is 380 g/mol. The van der Waals surface area contributed by atoms with E-state index < -0.39 is 0 Å². The number of benzene rings is 2. The molecule has 0 atom stereocenters. The van der Waals surface area contributed by atoms with Gasteiger partial charge in [-0.1, -0.05) is 25.0 Å². The predicted octanol–water partition coefficient (Wildman–Crippen LogP) is 3.64. The largest absolute Gasteiger partial charge is 0.497 e. The van der Waals surface area contributed by atoms with Gasteiger partial charge in [0.2, 0.25) is 0 Å². The maximum Gasteiger partial charge on any atom is 0.259 e. The Labute approximate surface area is 166 Å². The van der Waals surface area contributed by atoms with E-state index in [1.807, 2.05) is 36.4 Å². The van der Waals surface area contributed by atoms with E-state index in [0.717, 1.165) is 30.1 Å². The van der Waals surface area contributed by atoms with Crippen molar-refractivity contribution < 1.29 is 9.53 Å². The lowest BCUT2D eigenvalue weighted by atomic mass is 10.2. The Morgan fingerprint density at radius 2 is 1.71 bits per heavy atom. The molecule has 0 bridgehead atoms. The number of carbonyl (C=O) groups excluding carboxylic acids is 1. The number of anilines is 2. The van der Waals surface area contributed by atoms with Gasteiger partial charge in [-0.15, -0.1) is 0 Å². The third-order valence-corrected chi connectivity index (χ3v) is 4.81. The highest BCUT2D eigenvalue weighted by Gasteiger charge is 2.09. The molecule has 0 aromatic heterocycles. The first-order chi connectivity index (χ1) is 13.7. The molecule has 3 rings (SSSR count). The topological polar surface area (TPSA) is 66.0 Å². The summed E-state index contributed by atoms with van der Waals surface area (Å²) in [6.07, 6.45) is 6.85. The van der Waals surface area contributed by atoms with Gasteiger partial charge in [0.25, 0.3) is 5.91 Å². The van der Waals surface area contributed by atoms with Crippen molar-refractivity contribution in [3.8, 4) is 5.75 Å². The molecule has 2 aromatic carbocycles. The first-order valence-electron chi connectivity index (χ1n) is 9.79. The van der Waals surface area contributed by atoms with Gasteiger partial charge in [-0.3, -0.25) is 4.79 Å². The van der Waals surface area contributed by atoms with E-state index in [4.69, 9.17) is 4.74 Å². The summed E-state index contributed by atoms with van der Waals surface area (Å²) in [4.78, 5) is 14.3. The molecule has 2 N–H and O–H groups in total. The number of hydrazone groups is 1. The van der Waals surface area contributed by atoms with Crippen molar-refractivity contribution in [3.63, 3.8) is 0 Å². The molecule has 0 spiro atoms. The van der Waals surface area contributed by atoms with Crippen molar-refractivity contribution >= 4 is 23.5 Å². The number of carbonyl (C=O) groups is 1. The summed E-state index contributed by atoms with van der Waals surface area (Å²) in [6, 6.07) is 15.7. The summed E-state index contributed by atoms with van der Waals surface area (Å²) in [6.45, 7) is 2.41. The number of amides is 1. The summed E-state index contributed by atoms with van der Waals surface area (Å²) in [7, 11) is 1.62. The van der Waals surface area contributed by atoms with Crippen LogP contribution in [0.1, 0.15) is 31.2 Å². The summed E-state index contributed by atoms with van der Waals surface area (Å²) in [5.41, 5.74) is 5.61. The third kappa shape index (κ3) is 6.01. The normalized spacial score (nSPS) is 14.5. The molecule has 6 nitrogen and oxygen atoms in total. The molecule has 0 radical (unpaired) electrons. The van der Waals surface area contributed by atoms with Crippen LogP contribution in [0.5, 0.6) is 5.75 Å². The fourth-order valence-electron chi connectivity index (χ4n) is 3.21. The average molecular weight is 380 g/mol. The van der Waals surface area contributed by atoms with Gasteiger partial charge in [0.05, 0.1) is 19.9 Å². The molecule has 28 heavy (non-hydrogen) atoms. The number of hydrogen-bond donors (Lipinski definition) is 2. The number of nitrogens with zero attached hydrogens (tertiary/aromatic N) is 2. The van der Waals surface area contributed by atoms with Gasteiger partial charge in [0.15, 0.2) is 0 Å². The van der Waals surface area contributed by atoms with Crippen LogP contribution < -0.4 is 20.4 Å². The Morgan fingerprint density at radius 1 is 1.04 bits per heavy atom. The quantitative estimate of drug-likeness (QED) is 0.569. The molecule has 2 aromatic rings. The van der Waals surface area contributed by atoms with Crippen LogP contribution in [0.25, 0.3) is 0 Å². The molecule has 0 aliphatic carbocycles. The van der Waals surface area contributed by atoms with E-state index >= 15 is 0 Å². The number of hydrogen-bond acceptors (Lipinski definition) is 5. The SMILES string of the molecule is COc1ccc(NCC(=O)N/N=C\c2ccc(N3CCCCCC3)cc2)cc1. The van der Waals surface area contributed by atoms with Gasteiger partial charge in [0.1, 0.15) is 5.75 Å². The van der Waals surface area contributed by atoms with Gasteiger partial charge < -0.3 is 15.0 Å². The molecule has 1 aliphatic rings. The summed E-state index contributed by atoms with van der Waals surface area (Å²) < 4.78 is 5.11. The Hall–Kier alpha value is -3.02. The van der Waals surface area contributed by atoms with Crippen molar-refractivity contribution in [1.29, 1.82) is 0 Å². The van der Waals surface area contributed by atoms with E-state index in [1.165, 1.54) is 31.4 Å².